The molecule has 0 saturated carbocycles. The van der Waals surface area contributed by atoms with E-state index in [-0.39, 0.29) is 12.1 Å². The Bertz CT molecular complexity index is 914. The number of benzene rings is 1. The van der Waals surface area contributed by atoms with Gasteiger partial charge in [-0.2, -0.15) is 10.2 Å². The first-order valence-electron chi connectivity index (χ1n) is 8.78. The molecule has 2 amide bonds. The molecule has 7 nitrogen and oxygen atoms in total. The van der Waals surface area contributed by atoms with Gasteiger partial charge in [0, 0.05) is 36.2 Å². The van der Waals surface area contributed by atoms with E-state index in [9.17, 15) is 4.79 Å². The van der Waals surface area contributed by atoms with Crippen LogP contribution in [0.5, 0.6) is 0 Å². The summed E-state index contributed by atoms with van der Waals surface area (Å²) in [4.78, 5) is 14.5. The highest BCUT2D eigenvalue weighted by Crippen LogP contribution is 2.25. The Labute approximate surface area is 152 Å². The number of hydrogen-bond acceptors (Lipinski definition) is 3. The van der Waals surface area contributed by atoms with Crippen molar-refractivity contribution in [3.63, 3.8) is 0 Å². The van der Waals surface area contributed by atoms with Crippen molar-refractivity contribution in [2.45, 2.75) is 26.3 Å². The topological polar surface area (TPSA) is 78.8 Å². The first-order valence-corrected chi connectivity index (χ1v) is 8.78. The second-order valence-electron chi connectivity index (χ2n) is 6.74. The molecule has 134 valence electrons. The molecule has 1 aliphatic heterocycles. The molecule has 1 saturated heterocycles. The molecule has 1 unspecified atom stereocenters. The first kappa shape index (κ1) is 16.4. The molecule has 1 atom stereocenters. The highest BCUT2D eigenvalue weighted by molar-refractivity contribution is 5.90. The monoisotopic (exact) mass is 350 g/mol. The zero-order valence-electron chi connectivity index (χ0n) is 14.9. The number of rotatable bonds is 3. The summed E-state index contributed by atoms with van der Waals surface area (Å²) in [6, 6.07) is 11.9. The number of carbonyl (C=O) groups is 1. The quantitative estimate of drug-likeness (QED) is 0.760. The van der Waals surface area contributed by atoms with Gasteiger partial charge in [0.25, 0.3) is 0 Å². The number of aryl methyl sites for hydroxylation is 2. The normalized spacial score (nSPS) is 16.8. The Morgan fingerprint density at radius 1 is 1.27 bits per heavy atom. The molecule has 0 spiro atoms. The summed E-state index contributed by atoms with van der Waals surface area (Å²) in [5.74, 6) is 0. The van der Waals surface area contributed by atoms with Gasteiger partial charge in [-0.15, -0.1) is 0 Å². The van der Waals surface area contributed by atoms with Gasteiger partial charge in [0.1, 0.15) is 0 Å². The van der Waals surface area contributed by atoms with E-state index in [1.165, 1.54) is 0 Å². The van der Waals surface area contributed by atoms with E-state index < -0.39 is 0 Å². The van der Waals surface area contributed by atoms with E-state index in [1.54, 1.807) is 6.20 Å². The number of carbonyl (C=O) groups excluding carboxylic acids is 1. The van der Waals surface area contributed by atoms with Crippen LogP contribution in [0.2, 0.25) is 0 Å². The lowest BCUT2D eigenvalue weighted by Crippen LogP contribution is -2.33. The van der Waals surface area contributed by atoms with E-state index in [1.807, 2.05) is 46.8 Å². The number of nitrogens with zero attached hydrogens (tertiary/aromatic N) is 4. The van der Waals surface area contributed by atoms with Crippen LogP contribution >= 0.6 is 0 Å². The smallest absolute Gasteiger partial charge is 0.321 e. The van der Waals surface area contributed by atoms with Crippen LogP contribution in [-0.2, 0) is 0 Å². The summed E-state index contributed by atoms with van der Waals surface area (Å²) in [6.07, 6.45) is 2.63. The molecule has 26 heavy (non-hydrogen) atoms. The van der Waals surface area contributed by atoms with E-state index >= 15 is 0 Å². The number of anilines is 1. The Morgan fingerprint density at radius 3 is 2.88 bits per heavy atom. The Hall–Kier alpha value is -3.09. The number of nitrogens with one attached hydrogen (secondary N) is 2. The summed E-state index contributed by atoms with van der Waals surface area (Å²) >= 11 is 0. The SMILES string of the molecule is Cc1cc(C)n(C2CCN(C(=O)Nc3cccc(-c4ccn[nH]4)c3)C2)n1. The fourth-order valence-corrected chi connectivity index (χ4v) is 3.53. The van der Waals surface area contributed by atoms with Crippen molar-refractivity contribution in [1.29, 1.82) is 0 Å². The zero-order valence-corrected chi connectivity index (χ0v) is 14.9. The molecule has 7 heteroatoms. The molecule has 3 aromatic rings. The lowest BCUT2D eigenvalue weighted by atomic mass is 10.1. The summed E-state index contributed by atoms with van der Waals surface area (Å²) in [6.45, 7) is 5.46. The van der Waals surface area contributed by atoms with Crippen molar-refractivity contribution in [1.82, 2.24) is 24.9 Å². The van der Waals surface area contributed by atoms with Crippen molar-refractivity contribution in [3.05, 3.63) is 54.0 Å². The van der Waals surface area contributed by atoms with Gasteiger partial charge in [-0.1, -0.05) is 12.1 Å². The van der Waals surface area contributed by atoms with Gasteiger partial charge < -0.3 is 10.2 Å². The number of aromatic amines is 1. The molecule has 1 aromatic carbocycles. The predicted octanol–water partition coefficient (Wildman–Crippen LogP) is 3.37. The van der Waals surface area contributed by atoms with Crippen molar-refractivity contribution in [3.8, 4) is 11.3 Å². The maximum atomic E-state index is 12.6. The van der Waals surface area contributed by atoms with Gasteiger partial charge >= 0.3 is 6.03 Å². The van der Waals surface area contributed by atoms with Crippen LogP contribution in [0.25, 0.3) is 11.3 Å². The number of urea groups is 1. The maximum absolute atomic E-state index is 12.6. The number of aromatic nitrogens is 4. The third-order valence-corrected chi connectivity index (χ3v) is 4.77. The van der Waals surface area contributed by atoms with Crippen molar-refractivity contribution < 1.29 is 4.79 Å². The van der Waals surface area contributed by atoms with E-state index in [0.29, 0.717) is 6.54 Å². The molecular formula is C19H22N6O. The van der Waals surface area contributed by atoms with Crippen molar-refractivity contribution in [2.75, 3.05) is 18.4 Å². The van der Waals surface area contributed by atoms with E-state index in [2.05, 4.69) is 33.6 Å². The minimum Gasteiger partial charge on any atom is -0.322 e. The van der Waals surface area contributed by atoms with Crippen LogP contribution in [0.3, 0.4) is 0 Å². The molecular weight excluding hydrogens is 328 g/mol. The summed E-state index contributed by atoms with van der Waals surface area (Å²) in [5.41, 5.74) is 4.84. The second kappa shape index (κ2) is 6.67. The zero-order chi connectivity index (χ0) is 18.1. The van der Waals surface area contributed by atoms with Crippen LogP contribution in [-0.4, -0.2) is 44.0 Å². The highest BCUT2D eigenvalue weighted by Gasteiger charge is 2.28. The maximum Gasteiger partial charge on any atom is 0.321 e. The number of likely N-dealkylation sites (tertiary alicyclic amines) is 1. The van der Waals surface area contributed by atoms with Gasteiger partial charge in [0.15, 0.2) is 0 Å². The number of H-pyrrole nitrogens is 1. The summed E-state index contributed by atoms with van der Waals surface area (Å²) < 4.78 is 2.04. The van der Waals surface area contributed by atoms with Crippen molar-refractivity contribution in [2.24, 2.45) is 0 Å². The fraction of sp³-hybridized carbons (Fsp3) is 0.316. The third-order valence-electron chi connectivity index (χ3n) is 4.77. The lowest BCUT2D eigenvalue weighted by Gasteiger charge is -2.18. The Morgan fingerprint density at radius 2 is 2.15 bits per heavy atom. The Balaban J connectivity index is 1.43. The van der Waals surface area contributed by atoms with Gasteiger partial charge in [-0.3, -0.25) is 9.78 Å². The molecule has 3 heterocycles. The van der Waals surface area contributed by atoms with Gasteiger partial charge in [0.05, 0.1) is 17.4 Å². The van der Waals surface area contributed by atoms with Crippen LogP contribution in [0.1, 0.15) is 23.9 Å². The number of hydrogen-bond donors (Lipinski definition) is 2. The fourth-order valence-electron chi connectivity index (χ4n) is 3.53. The molecule has 1 aliphatic rings. The molecule has 0 radical (unpaired) electrons. The van der Waals surface area contributed by atoms with E-state index in [4.69, 9.17) is 0 Å². The summed E-state index contributed by atoms with van der Waals surface area (Å²) in [5, 5.41) is 14.5. The van der Waals surface area contributed by atoms with Crippen LogP contribution in [0.15, 0.2) is 42.6 Å². The van der Waals surface area contributed by atoms with E-state index in [0.717, 1.165) is 41.3 Å². The third kappa shape index (κ3) is 3.20. The number of amides is 2. The molecule has 0 aliphatic carbocycles. The standard InChI is InChI=1S/C19H22N6O/c1-13-10-14(2)25(23-13)17-7-9-24(12-17)19(26)21-16-5-3-4-15(11-16)18-6-8-20-22-18/h3-6,8,10-11,17H,7,9,12H2,1-2H3,(H,20,22)(H,21,26). The van der Waals surface area contributed by atoms with Crippen LogP contribution < -0.4 is 5.32 Å². The van der Waals surface area contributed by atoms with Gasteiger partial charge in [0.2, 0.25) is 0 Å². The Kier molecular flexibility index (Phi) is 4.20. The van der Waals surface area contributed by atoms with Crippen LogP contribution in [0, 0.1) is 13.8 Å². The molecule has 1 fully saturated rings. The van der Waals surface area contributed by atoms with Gasteiger partial charge in [-0.25, -0.2) is 4.79 Å². The molecule has 0 bridgehead atoms. The predicted molar refractivity (Wildman–Crippen MR) is 100.0 cm³/mol. The lowest BCUT2D eigenvalue weighted by molar-refractivity contribution is 0.220. The largest absolute Gasteiger partial charge is 0.322 e. The average Bonchev–Trinajstić information content (AvgIpc) is 3.35. The van der Waals surface area contributed by atoms with Gasteiger partial charge in [-0.05, 0) is 44.5 Å². The highest BCUT2D eigenvalue weighted by atomic mass is 16.2. The van der Waals surface area contributed by atoms with Crippen LogP contribution in [0.4, 0.5) is 10.5 Å². The average molecular weight is 350 g/mol. The molecule has 2 N–H and O–H groups in total. The second-order valence-corrected chi connectivity index (χ2v) is 6.74. The first-order chi connectivity index (χ1) is 12.6. The molecule has 2 aromatic heterocycles. The summed E-state index contributed by atoms with van der Waals surface area (Å²) in [7, 11) is 0. The van der Waals surface area contributed by atoms with Crippen molar-refractivity contribution >= 4 is 11.7 Å². The molecule has 4 rings (SSSR count). The minimum atomic E-state index is -0.0733. The minimum absolute atomic E-state index is 0.0733.